The van der Waals surface area contributed by atoms with E-state index in [1.807, 2.05) is 31.2 Å². The lowest BCUT2D eigenvalue weighted by Crippen LogP contribution is -2.22. The molecule has 4 aromatic rings. The highest BCUT2D eigenvalue weighted by atomic mass is 16.5. The van der Waals surface area contributed by atoms with Crippen LogP contribution in [0.5, 0.6) is 0 Å². The summed E-state index contributed by atoms with van der Waals surface area (Å²) in [6.07, 6.45) is 0. The number of hydrogen-bond donors (Lipinski definition) is 1. The zero-order chi connectivity index (χ0) is 22.7. The Morgan fingerprint density at radius 2 is 1.69 bits per heavy atom. The Morgan fingerprint density at radius 3 is 2.41 bits per heavy atom. The SMILES string of the molecule is COC(=O)c1cc(CNC(=O)c2ccc(-c3nnc(-c4ccccc4C)o3)cc2)oc1C. The highest BCUT2D eigenvalue weighted by Crippen LogP contribution is 2.26. The fourth-order valence-corrected chi connectivity index (χ4v) is 3.24. The smallest absolute Gasteiger partial charge is 0.341 e. The molecule has 32 heavy (non-hydrogen) atoms. The van der Waals surface area contributed by atoms with Gasteiger partial charge in [0.05, 0.1) is 13.7 Å². The minimum atomic E-state index is -0.481. The van der Waals surface area contributed by atoms with E-state index in [9.17, 15) is 9.59 Å². The van der Waals surface area contributed by atoms with Crippen LogP contribution in [-0.4, -0.2) is 29.2 Å². The van der Waals surface area contributed by atoms with Gasteiger partial charge in [-0.15, -0.1) is 10.2 Å². The van der Waals surface area contributed by atoms with Gasteiger partial charge < -0.3 is 18.9 Å². The van der Waals surface area contributed by atoms with Crippen molar-refractivity contribution in [3.05, 3.63) is 82.8 Å². The molecule has 0 spiro atoms. The van der Waals surface area contributed by atoms with E-state index in [2.05, 4.69) is 15.5 Å². The Kier molecular flexibility index (Phi) is 5.85. The van der Waals surface area contributed by atoms with Gasteiger partial charge in [-0.3, -0.25) is 4.79 Å². The van der Waals surface area contributed by atoms with Crippen LogP contribution in [0.15, 0.2) is 63.4 Å². The van der Waals surface area contributed by atoms with Gasteiger partial charge in [-0.25, -0.2) is 4.79 Å². The number of benzene rings is 2. The summed E-state index contributed by atoms with van der Waals surface area (Å²) in [4.78, 5) is 24.1. The first-order valence-electron chi connectivity index (χ1n) is 9.92. The van der Waals surface area contributed by atoms with E-state index >= 15 is 0 Å². The van der Waals surface area contributed by atoms with Crippen LogP contribution >= 0.6 is 0 Å². The average Bonchev–Trinajstić information content (AvgIpc) is 3.44. The predicted molar refractivity (Wildman–Crippen MR) is 116 cm³/mol. The maximum absolute atomic E-state index is 12.5. The van der Waals surface area contributed by atoms with Gasteiger partial charge in [0, 0.05) is 16.7 Å². The maximum Gasteiger partial charge on any atom is 0.341 e. The number of esters is 1. The predicted octanol–water partition coefficient (Wildman–Crippen LogP) is 4.33. The van der Waals surface area contributed by atoms with Crippen molar-refractivity contribution in [2.75, 3.05) is 7.11 Å². The molecule has 0 bridgehead atoms. The second kappa shape index (κ2) is 8.89. The molecule has 0 unspecified atom stereocenters. The molecule has 1 N–H and O–H groups in total. The molecule has 8 nitrogen and oxygen atoms in total. The van der Waals surface area contributed by atoms with E-state index in [0.29, 0.717) is 40.0 Å². The molecular formula is C24H21N3O5. The van der Waals surface area contributed by atoms with E-state index in [1.165, 1.54) is 7.11 Å². The fraction of sp³-hybridized carbons (Fsp3) is 0.167. The van der Waals surface area contributed by atoms with Gasteiger partial charge in [-0.2, -0.15) is 0 Å². The van der Waals surface area contributed by atoms with Crippen molar-refractivity contribution in [2.45, 2.75) is 20.4 Å². The monoisotopic (exact) mass is 431 g/mol. The van der Waals surface area contributed by atoms with Gasteiger partial charge in [0.2, 0.25) is 11.8 Å². The second-order valence-electron chi connectivity index (χ2n) is 7.16. The van der Waals surface area contributed by atoms with Crippen molar-refractivity contribution in [3.8, 4) is 22.9 Å². The number of aromatic nitrogens is 2. The van der Waals surface area contributed by atoms with Crippen LogP contribution in [0, 0.1) is 13.8 Å². The minimum Gasteiger partial charge on any atom is -0.465 e. The molecule has 4 rings (SSSR count). The fourth-order valence-electron chi connectivity index (χ4n) is 3.24. The number of carbonyl (C=O) groups is 2. The van der Waals surface area contributed by atoms with Gasteiger partial charge in [0.1, 0.15) is 17.1 Å². The van der Waals surface area contributed by atoms with Gasteiger partial charge in [-0.1, -0.05) is 18.2 Å². The normalized spacial score (nSPS) is 10.7. The summed E-state index contributed by atoms with van der Waals surface area (Å²) >= 11 is 0. The van der Waals surface area contributed by atoms with Gasteiger partial charge in [-0.05, 0) is 55.8 Å². The Balaban J connectivity index is 1.42. The number of ether oxygens (including phenoxy) is 1. The number of furan rings is 1. The minimum absolute atomic E-state index is 0.141. The molecule has 0 aliphatic heterocycles. The molecule has 2 aromatic heterocycles. The highest BCUT2D eigenvalue weighted by molar-refractivity contribution is 5.94. The molecule has 0 fully saturated rings. The molecule has 2 heterocycles. The van der Waals surface area contributed by atoms with Crippen LogP contribution in [0.25, 0.3) is 22.9 Å². The van der Waals surface area contributed by atoms with Gasteiger partial charge >= 0.3 is 5.97 Å². The lowest BCUT2D eigenvalue weighted by molar-refractivity contribution is 0.0598. The topological polar surface area (TPSA) is 107 Å². The average molecular weight is 431 g/mol. The first-order chi connectivity index (χ1) is 15.5. The molecule has 1 amide bonds. The van der Waals surface area contributed by atoms with Crippen molar-refractivity contribution >= 4 is 11.9 Å². The first kappa shape index (κ1) is 21.0. The van der Waals surface area contributed by atoms with Crippen molar-refractivity contribution < 1.29 is 23.2 Å². The number of rotatable bonds is 6. The molecule has 0 radical (unpaired) electrons. The van der Waals surface area contributed by atoms with Crippen molar-refractivity contribution in [1.29, 1.82) is 0 Å². The molecule has 0 aliphatic carbocycles. The number of methoxy groups -OCH3 is 1. The lowest BCUT2D eigenvalue weighted by atomic mass is 10.1. The van der Waals surface area contributed by atoms with Crippen molar-refractivity contribution in [1.82, 2.24) is 15.5 Å². The number of carbonyl (C=O) groups excluding carboxylic acids is 2. The number of hydrogen-bond acceptors (Lipinski definition) is 7. The van der Waals surface area contributed by atoms with Crippen LogP contribution in [0.2, 0.25) is 0 Å². The Morgan fingerprint density at radius 1 is 0.969 bits per heavy atom. The summed E-state index contributed by atoms with van der Waals surface area (Å²) in [7, 11) is 1.30. The third-order valence-corrected chi connectivity index (χ3v) is 4.99. The number of nitrogens with zero attached hydrogens (tertiary/aromatic N) is 2. The zero-order valence-electron chi connectivity index (χ0n) is 17.8. The van der Waals surface area contributed by atoms with E-state index in [-0.39, 0.29) is 12.5 Å². The van der Waals surface area contributed by atoms with Gasteiger partial charge in [0.25, 0.3) is 5.91 Å². The summed E-state index contributed by atoms with van der Waals surface area (Å²) in [5.41, 5.74) is 3.43. The molecule has 162 valence electrons. The number of aryl methyl sites for hydroxylation is 2. The highest BCUT2D eigenvalue weighted by Gasteiger charge is 2.16. The van der Waals surface area contributed by atoms with Crippen LogP contribution in [0.1, 0.15) is 37.8 Å². The molecule has 0 aliphatic rings. The summed E-state index contributed by atoms with van der Waals surface area (Å²) in [5, 5.41) is 11.0. The van der Waals surface area contributed by atoms with E-state index < -0.39 is 5.97 Å². The quantitative estimate of drug-likeness (QED) is 0.453. The molecule has 8 heteroatoms. The molecule has 0 saturated carbocycles. The van der Waals surface area contributed by atoms with Crippen LogP contribution < -0.4 is 5.32 Å². The van der Waals surface area contributed by atoms with Crippen LogP contribution in [-0.2, 0) is 11.3 Å². The lowest BCUT2D eigenvalue weighted by Gasteiger charge is -2.04. The summed E-state index contributed by atoms with van der Waals surface area (Å²) in [5.74, 6) is 0.955. The second-order valence-corrected chi connectivity index (χ2v) is 7.16. The third kappa shape index (κ3) is 4.29. The summed E-state index contributed by atoms with van der Waals surface area (Å²) in [6.45, 7) is 3.78. The summed E-state index contributed by atoms with van der Waals surface area (Å²) < 4.78 is 16.0. The summed E-state index contributed by atoms with van der Waals surface area (Å²) in [6, 6.07) is 16.2. The zero-order valence-corrected chi connectivity index (χ0v) is 17.8. The number of amides is 1. The van der Waals surface area contributed by atoms with E-state index in [4.69, 9.17) is 13.6 Å². The van der Waals surface area contributed by atoms with E-state index in [1.54, 1.807) is 37.3 Å². The van der Waals surface area contributed by atoms with Crippen LogP contribution in [0.3, 0.4) is 0 Å². The van der Waals surface area contributed by atoms with Crippen molar-refractivity contribution in [3.63, 3.8) is 0 Å². The van der Waals surface area contributed by atoms with Crippen molar-refractivity contribution in [2.24, 2.45) is 0 Å². The van der Waals surface area contributed by atoms with E-state index in [0.717, 1.165) is 11.1 Å². The van der Waals surface area contributed by atoms with Gasteiger partial charge in [0.15, 0.2) is 0 Å². The Labute approximate surface area is 184 Å². The molecular weight excluding hydrogens is 410 g/mol. The first-order valence-corrected chi connectivity index (χ1v) is 9.92. The Hall–Kier alpha value is -4.20. The number of nitrogens with one attached hydrogen (secondary N) is 1. The molecule has 0 saturated heterocycles. The standard InChI is InChI=1S/C24H21N3O5/c1-14-6-4-5-7-19(14)23-27-26-22(32-23)17-10-8-16(9-11-17)21(28)25-13-18-12-20(15(2)31-18)24(29)30-3/h4-12H,13H2,1-3H3,(H,25,28). The Bertz CT molecular complexity index is 1270. The molecule has 0 atom stereocenters. The molecule has 2 aromatic carbocycles. The van der Waals surface area contributed by atoms with Crippen LogP contribution in [0.4, 0.5) is 0 Å². The maximum atomic E-state index is 12.5. The largest absolute Gasteiger partial charge is 0.465 e. The third-order valence-electron chi connectivity index (χ3n) is 4.99.